The van der Waals surface area contributed by atoms with Crippen LogP contribution in [0.1, 0.15) is 29.9 Å². The summed E-state index contributed by atoms with van der Waals surface area (Å²) < 4.78 is 80.5. The molecule has 0 radical (unpaired) electrons. The Morgan fingerprint density at radius 1 is 0.782 bits per heavy atom. The number of fused-ring (bicyclic) bond motifs is 4. The van der Waals surface area contributed by atoms with E-state index in [4.69, 9.17) is 27.9 Å². The third-order valence-electron chi connectivity index (χ3n) is 10.9. The molecule has 282 valence electrons. The quantitative estimate of drug-likeness (QED) is 0.0400. The van der Waals surface area contributed by atoms with E-state index < -0.39 is 104 Å². The largest absolute Gasteiger partial charge is 0.508 e. The molecule has 1 N–H and O–H groups in total. The summed E-state index contributed by atoms with van der Waals surface area (Å²) in [7, 11) is 0. The number of phenols is 1. The van der Waals surface area contributed by atoms with Crippen molar-refractivity contribution < 1.29 is 51.0 Å². The van der Waals surface area contributed by atoms with Gasteiger partial charge in [-0.3, -0.25) is 24.1 Å². The molecule has 0 aromatic heterocycles. The second kappa shape index (κ2) is 13.3. The molecule has 4 aliphatic rings. The fourth-order valence-corrected chi connectivity index (χ4v) is 9.64. The molecule has 4 aromatic rings. The van der Waals surface area contributed by atoms with Gasteiger partial charge in [0.2, 0.25) is 17.6 Å². The van der Waals surface area contributed by atoms with Crippen molar-refractivity contribution >= 4 is 80.8 Å². The number of ether oxygens (including phenoxy) is 1. The average Bonchev–Trinajstić information content (AvgIpc) is 3.51. The molecule has 2 aliphatic heterocycles. The van der Waals surface area contributed by atoms with E-state index in [1.807, 2.05) is 18.2 Å². The Morgan fingerprint density at radius 2 is 1.42 bits per heavy atom. The summed E-state index contributed by atoms with van der Waals surface area (Å²) in [5, 5.41) is 11.6. The number of rotatable bonds is 6. The van der Waals surface area contributed by atoms with Crippen molar-refractivity contribution in [3.8, 4) is 11.5 Å². The lowest BCUT2D eigenvalue weighted by atomic mass is 9.56. The van der Waals surface area contributed by atoms with Crippen LogP contribution in [0.4, 0.5) is 33.3 Å². The first-order chi connectivity index (χ1) is 26.1. The highest BCUT2D eigenvalue weighted by atomic mass is 127. The van der Waals surface area contributed by atoms with Gasteiger partial charge >= 0.3 is 0 Å². The number of imide groups is 2. The summed E-state index contributed by atoms with van der Waals surface area (Å²) in [5.74, 6) is -22.1. The molecule has 16 heteroatoms. The third-order valence-corrected chi connectivity index (χ3v) is 13.0. The Hall–Kier alpha value is -4.54. The number of nitrogens with zero attached hydrogens (tertiary/aromatic N) is 2. The predicted molar refractivity (Wildman–Crippen MR) is 197 cm³/mol. The zero-order chi connectivity index (χ0) is 39.3. The molecule has 55 heavy (non-hydrogen) atoms. The van der Waals surface area contributed by atoms with Gasteiger partial charge < -0.3 is 9.84 Å². The van der Waals surface area contributed by atoms with Gasteiger partial charge in [-0.25, -0.2) is 26.9 Å². The van der Waals surface area contributed by atoms with E-state index in [1.165, 1.54) is 18.2 Å². The Morgan fingerprint density at radius 3 is 2.05 bits per heavy atom. The number of carbonyl (C=O) groups excluding carboxylic acids is 4. The van der Waals surface area contributed by atoms with Crippen LogP contribution in [0.2, 0.25) is 0 Å². The zero-order valence-electron chi connectivity index (χ0n) is 27.8. The van der Waals surface area contributed by atoms with Crippen LogP contribution in [0.5, 0.6) is 11.5 Å². The van der Waals surface area contributed by atoms with Gasteiger partial charge in [-0.2, -0.15) is 0 Å². The van der Waals surface area contributed by atoms with Crippen molar-refractivity contribution in [3.63, 3.8) is 0 Å². The SMILES string of the molecule is O=C1[C@H]2[C@H](CC=C3[C@H]2C[C@@]2(Cl)C(=O)N(c4c(F)c(F)c(F)c(F)c4F)C(=O)[C@@]2(Cl)[C@H]3c2ccc(OCc3ccccc3)cc2O)C(=O)N1c1ccc(I)cc1. The van der Waals surface area contributed by atoms with Crippen molar-refractivity contribution in [1.82, 2.24) is 0 Å². The number of amides is 4. The molecule has 1 saturated carbocycles. The minimum absolute atomic E-state index is 0.0524. The number of aromatic hydroxyl groups is 1. The Bertz CT molecular complexity index is 2360. The summed E-state index contributed by atoms with van der Waals surface area (Å²) in [6.45, 7) is 0.0979. The van der Waals surface area contributed by atoms with Gasteiger partial charge in [0, 0.05) is 21.1 Å². The number of allylic oxidation sites excluding steroid dienone is 2. The zero-order valence-corrected chi connectivity index (χ0v) is 31.5. The van der Waals surface area contributed by atoms with Crippen LogP contribution in [0.15, 0.2) is 84.4 Å². The average molecular weight is 909 g/mol. The highest BCUT2D eigenvalue weighted by Crippen LogP contribution is 2.67. The maximum absolute atomic E-state index is 15.3. The van der Waals surface area contributed by atoms with Crippen LogP contribution in [0, 0.1) is 50.4 Å². The minimum Gasteiger partial charge on any atom is -0.508 e. The Kier molecular flexibility index (Phi) is 9.04. The molecule has 2 heterocycles. The van der Waals surface area contributed by atoms with E-state index in [-0.39, 0.29) is 40.5 Å². The van der Waals surface area contributed by atoms with E-state index in [2.05, 4.69) is 22.6 Å². The highest BCUT2D eigenvalue weighted by Gasteiger charge is 2.77. The number of benzene rings is 4. The lowest BCUT2D eigenvalue weighted by Crippen LogP contribution is -2.60. The third kappa shape index (κ3) is 5.34. The molecule has 8 rings (SSSR count). The number of phenolic OH excluding ortho intramolecular Hbond substituents is 1. The summed E-state index contributed by atoms with van der Waals surface area (Å²) in [5.41, 5.74) is -0.743. The van der Waals surface area contributed by atoms with Crippen LogP contribution < -0.4 is 14.5 Å². The van der Waals surface area contributed by atoms with Crippen LogP contribution in [0.3, 0.4) is 0 Å². The summed E-state index contributed by atoms with van der Waals surface area (Å²) in [4.78, 5) is 52.3. The van der Waals surface area contributed by atoms with Gasteiger partial charge in [0.05, 0.1) is 17.5 Å². The predicted octanol–water partition coefficient (Wildman–Crippen LogP) is 8.04. The van der Waals surface area contributed by atoms with E-state index in [0.717, 1.165) is 14.0 Å². The fourth-order valence-electron chi connectivity index (χ4n) is 8.36. The maximum atomic E-state index is 15.3. The molecule has 6 atom stereocenters. The summed E-state index contributed by atoms with van der Waals surface area (Å²) in [6, 6.07) is 19.6. The van der Waals surface area contributed by atoms with Gasteiger partial charge in [0.25, 0.3) is 11.8 Å². The number of carbonyl (C=O) groups is 4. The summed E-state index contributed by atoms with van der Waals surface area (Å²) >= 11 is 16.4. The van der Waals surface area contributed by atoms with Gasteiger partial charge in [-0.1, -0.05) is 48.0 Å². The molecule has 2 saturated heterocycles. The van der Waals surface area contributed by atoms with Crippen LogP contribution in [0.25, 0.3) is 0 Å². The molecule has 0 bridgehead atoms. The summed E-state index contributed by atoms with van der Waals surface area (Å²) in [6.07, 6.45) is 0.831. The first kappa shape index (κ1) is 37.4. The first-order valence-corrected chi connectivity index (χ1v) is 18.6. The molecule has 0 spiro atoms. The van der Waals surface area contributed by atoms with Crippen LogP contribution >= 0.6 is 45.8 Å². The molecule has 8 nitrogen and oxygen atoms in total. The molecule has 3 fully saturated rings. The van der Waals surface area contributed by atoms with Crippen molar-refractivity contribution in [3.05, 3.63) is 128 Å². The Balaban J connectivity index is 1.28. The Labute approximate surface area is 332 Å². The van der Waals surface area contributed by atoms with Crippen molar-refractivity contribution in [2.45, 2.75) is 35.1 Å². The van der Waals surface area contributed by atoms with Crippen molar-refractivity contribution in [1.29, 1.82) is 0 Å². The number of hydrogen-bond donors (Lipinski definition) is 1. The van der Waals surface area contributed by atoms with Gasteiger partial charge in [0.1, 0.15) is 23.8 Å². The molecular weight excluding hydrogens is 885 g/mol. The first-order valence-electron chi connectivity index (χ1n) is 16.7. The normalized spacial score (nSPS) is 27.2. The molecule has 4 aromatic carbocycles. The second-order valence-corrected chi connectivity index (χ2v) is 16.2. The monoisotopic (exact) mass is 908 g/mol. The van der Waals surface area contributed by atoms with E-state index >= 15 is 8.78 Å². The number of hydrogen-bond acceptors (Lipinski definition) is 6. The van der Waals surface area contributed by atoms with E-state index in [9.17, 15) is 37.5 Å². The van der Waals surface area contributed by atoms with E-state index in [0.29, 0.717) is 0 Å². The minimum atomic E-state index is -2.79. The number of alkyl halides is 2. The van der Waals surface area contributed by atoms with Gasteiger partial charge in [0.15, 0.2) is 33.0 Å². The topological polar surface area (TPSA) is 104 Å². The molecule has 0 unspecified atom stereocenters. The van der Waals surface area contributed by atoms with E-state index in [1.54, 1.807) is 42.5 Å². The maximum Gasteiger partial charge on any atom is 0.258 e. The smallest absolute Gasteiger partial charge is 0.258 e. The number of anilines is 2. The molecular formula is C39H24Cl2F5IN2O6. The lowest BCUT2D eigenvalue weighted by molar-refractivity contribution is -0.125. The standard InChI is InChI=1S/C39H24Cl2F5IN2O6/c40-38-15-24-21(12-13-23-26(24)35(52)48(34(23)51)19-8-6-18(47)7-9-19)27(22-11-10-20(14-25(22)50)55-16-17-4-2-1-3-5-17)39(38,41)37(54)49(36(38)53)33-31(45)29(43)28(42)30(44)32(33)46/h1-12,14,23-24,26-27,50H,13,15-16H2/t23-,24+,26-,27+,38+,39-/m0/s1. The van der Waals surface area contributed by atoms with Crippen LogP contribution in [-0.4, -0.2) is 38.5 Å². The van der Waals surface area contributed by atoms with Crippen LogP contribution in [-0.2, 0) is 25.8 Å². The lowest BCUT2D eigenvalue weighted by Gasteiger charge is -2.50. The van der Waals surface area contributed by atoms with Gasteiger partial charge in [-0.15, -0.1) is 23.2 Å². The highest BCUT2D eigenvalue weighted by molar-refractivity contribution is 14.1. The second-order valence-electron chi connectivity index (χ2n) is 13.7. The fraction of sp³-hybridized carbons (Fsp3) is 0.231. The number of halogens is 8. The van der Waals surface area contributed by atoms with Gasteiger partial charge in [-0.05, 0) is 77.2 Å². The van der Waals surface area contributed by atoms with Crippen molar-refractivity contribution in [2.24, 2.45) is 17.8 Å². The molecule has 2 aliphatic carbocycles. The van der Waals surface area contributed by atoms with Crippen molar-refractivity contribution in [2.75, 3.05) is 9.80 Å². The molecule has 4 amide bonds.